The fourth-order valence-electron chi connectivity index (χ4n) is 3.16. The Bertz CT molecular complexity index is 848. The van der Waals surface area contributed by atoms with Gasteiger partial charge in [0.25, 0.3) is 0 Å². The molecule has 4 rings (SSSR count). The smallest absolute Gasteiger partial charge is 0.243 e. The monoisotopic (exact) mass is 331 g/mol. The van der Waals surface area contributed by atoms with Gasteiger partial charge in [-0.15, -0.1) is 0 Å². The van der Waals surface area contributed by atoms with Crippen LogP contribution in [0.2, 0.25) is 0 Å². The van der Waals surface area contributed by atoms with Gasteiger partial charge < -0.3 is 9.47 Å². The first-order chi connectivity index (χ1) is 11.1. The SMILES string of the molecule is CC1Cc2cc3c(cc2CN1S(=O)(=O)c1ccccc1)OCO3. The molecule has 0 radical (unpaired) electrons. The normalized spacial score (nSPS) is 20.3. The summed E-state index contributed by atoms with van der Waals surface area (Å²) in [5.41, 5.74) is 2.10. The highest BCUT2D eigenvalue weighted by Crippen LogP contribution is 2.38. The highest BCUT2D eigenvalue weighted by molar-refractivity contribution is 7.89. The summed E-state index contributed by atoms with van der Waals surface area (Å²) in [6.45, 7) is 2.51. The van der Waals surface area contributed by atoms with Gasteiger partial charge in [-0.3, -0.25) is 0 Å². The van der Waals surface area contributed by atoms with E-state index in [0.29, 0.717) is 23.6 Å². The van der Waals surface area contributed by atoms with E-state index in [0.717, 1.165) is 16.9 Å². The summed E-state index contributed by atoms with van der Waals surface area (Å²) in [5.74, 6) is 1.44. The van der Waals surface area contributed by atoms with E-state index in [2.05, 4.69) is 0 Å². The minimum atomic E-state index is -3.51. The van der Waals surface area contributed by atoms with Crippen LogP contribution < -0.4 is 9.47 Å². The van der Waals surface area contributed by atoms with E-state index >= 15 is 0 Å². The molecule has 0 saturated carbocycles. The van der Waals surface area contributed by atoms with Crippen molar-refractivity contribution < 1.29 is 17.9 Å². The summed E-state index contributed by atoms with van der Waals surface area (Å²) >= 11 is 0. The van der Waals surface area contributed by atoms with E-state index in [4.69, 9.17) is 9.47 Å². The Labute approximate surface area is 135 Å². The molecule has 0 saturated heterocycles. The minimum absolute atomic E-state index is 0.104. The molecule has 0 bridgehead atoms. The fraction of sp³-hybridized carbons (Fsp3) is 0.294. The Morgan fingerprint density at radius 1 is 1.04 bits per heavy atom. The first-order valence-corrected chi connectivity index (χ1v) is 8.98. The number of hydrogen-bond acceptors (Lipinski definition) is 4. The van der Waals surface area contributed by atoms with Gasteiger partial charge in [0.15, 0.2) is 11.5 Å². The highest BCUT2D eigenvalue weighted by atomic mass is 32.2. The zero-order chi connectivity index (χ0) is 16.0. The first-order valence-electron chi connectivity index (χ1n) is 7.54. The van der Waals surface area contributed by atoms with Crippen molar-refractivity contribution in [3.63, 3.8) is 0 Å². The molecule has 0 spiro atoms. The lowest BCUT2D eigenvalue weighted by Gasteiger charge is -2.34. The average molecular weight is 331 g/mol. The highest BCUT2D eigenvalue weighted by Gasteiger charge is 2.34. The second kappa shape index (κ2) is 5.25. The molecule has 2 aromatic carbocycles. The number of nitrogens with zero attached hydrogens (tertiary/aromatic N) is 1. The number of sulfonamides is 1. The standard InChI is InChI=1S/C17H17NO4S/c1-12-7-13-8-16-17(22-11-21-16)9-14(13)10-18(12)23(19,20)15-5-3-2-4-6-15/h2-6,8-9,12H,7,10-11H2,1H3. The molecule has 6 heteroatoms. The summed E-state index contributed by atoms with van der Waals surface area (Å²) in [7, 11) is -3.51. The third-order valence-electron chi connectivity index (χ3n) is 4.38. The molecule has 1 atom stereocenters. The lowest BCUT2D eigenvalue weighted by atomic mass is 9.96. The van der Waals surface area contributed by atoms with E-state index in [-0.39, 0.29) is 12.8 Å². The number of benzene rings is 2. The van der Waals surface area contributed by atoms with E-state index in [1.54, 1.807) is 28.6 Å². The van der Waals surface area contributed by atoms with E-state index in [9.17, 15) is 8.42 Å². The van der Waals surface area contributed by atoms with E-state index in [1.807, 2.05) is 25.1 Å². The topological polar surface area (TPSA) is 55.8 Å². The molecule has 23 heavy (non-hydrogen) atoms. The van der Waals surface area contributed by atoms with Crippen molar-refractivity contribution >= 4 is 10.0 Å². The molecule has 0 aromatic heterocycles. The van der Waals surface area contributed by atoms with Gasteiger partial charge in [0.2, 0.25) is 16.8 Å². The van der Waals surface area contributed by atoms with Crippen LogP contribution in [0.15, 0.2) is 47.4 Å². The number of rotatable bonds is 2. The molecule has 120 valence electrons. The van der Waals surface area contributed by atoms with Crippen molar-refractivity contribution in [3.8, 4) is 11.5 Å². The van der Waals surface area contributed by atoms with Crippen molar-refractivity contribution in [2.75, 3.05) is 6.79 Å². The molecule has 0 amide bonds. The van der Waals surface area contributed by atoms with Gasteiger partial charge in [-0.1, -0.05) is 18.2 Å². The molecular weight excluding hydrogens is 314 g/mol. The lowest BCUT2D eigenvalue weighted by Crippen LogP contribution is -2.42. The maximum Gasteiger partial charge on any atom is 0.243 e. The summed E-state index contributed by atoms with van der Waals surface area (Å²) in [4.78, 5) is 0.330. The van der Waals surface area contributed by atoms with Crippen molar-refractivity contribution in [1.82, 2.24) is 4.31 Å². The van der Waals surface area contributed by atoms with Crippen molar-refractivity contribution in [3.05, 3.63) is 53.6 Å². The Balaban J connectivity index is 1.72. The van der Waals surface area contributed by atoms with Gasteiger partial charge in [-0.05, 0) is 48.7 Å². The molecule has 1 unspecified atom stereocenters. The maximum absolute atomic E-state index is 12.9. The second-order valence-electron chi connectivity index (χ2n) is 5.89. The van der Waals surface area contributed by atoms with Crippen molar-refractivity contribution in [2.24, 2.45) is 0 Å². The van der Waals surface area contributed by atoms with E-state index < -0.39 is 10.0 Å². The van der Waals surface area contributed by atoms with Crippen LogP contribution in [-0.2, 0) is 23.0 Å². The Kier molecular flexibility index (Phi) is 3.32. The summed E-state index contributed by atoms with van der Waals surface area (Å²) < 4.78 is 38.2. The van der Waals surface area contributed by atoms with Gasteiger partial charge in [-0.25, -0.2) is 8.42 Å². The number of fused-ring (bicyclic) bond motifs is 2. The third-order valence-corrected chi connectivity index (χ3v) is 6.35. The average Bonchev–Trinajstić information content (AvgIpc) is 3.00. The van der Waals surface area contributed by atoms with Gasteiger partial charge in [-0.2, -0.15) is 4.31 Å². The predicted molar refractivity (Wildman–Crippen MR) is 84.9 cm³/mol. The first kappa shape index (κ1) is 14.5. The zero-order valence-corrected chi connectivity index (χ0v) is 13.5. The molecule has 2 aliphatic rings. The quantitative estimate of drug-likeness (QED) is 0.849. The summed E-state index contributed by atoms with van der Waals surface area (Å²) in [5, 5.41) is 0. The molecule has 0 N–H and O–H groups in total. The molecular formula is C17H17NO4S. The molecule has 0 aliphatic carbocycles. The van der Waals surface area contributed by atoms with Gasteiger partial charge >= 0.3 is 0 Å². The molecule has 2 heterocycles. The van der Waals surface area contributed by atoms with Gasteiger partial charge in [0.05, 0.1) is 4.90 Å². The number of hydrogen-bond donors (Lipinski definition) is 0. The van der Waals surface area contributed by atoms with Gasteiger partial charge in [0, 0.05) is 12.6 Å². The summed E-state index contributed by atoms with van der Waals surface area (Å²) in [6.07, 6.45) is 0.665. The molecule has 5 nitrogen and oxygen atoms in total. The molecule has 0 fully saturated rings. The van der Waals surface area contributed by atoms with Crippen LogP contribution in [-0.4, -0.2) is 25.6 Å². The molecule has 2 aromatic rings. The van der Waals surface area contributed by atoms with Crippen LogP contribution in [0.4, 0.5) is 0 Å². The molecule has 2 aliphatic heterocycles. The number of ether oxygens (including phenoxy) is 2. The lowest BCUT2D eigenvalue weighted by molar-refractivity contribution is 0.174. The Morgan fingerprint density at radius 3 is 2.39 bits per heavy atom. The van der Waals surface area contributed by atoms with Crippen LogP contribution in [0, 0.1) is 0 Å². The van der Waals surface area contributed by atoms with Crippen LogP contribution in [0.3, 0.4) is 0 Å². The second-order valence-corrected chi connectivity index (χ2v) is 7.78. The van der Waals surface area contributed by atoms with Crippen molar-refractivity contribution in [1.29, 1.82) is 0 Å². The third kappa shape index (κ3) is 2.38. The summed E-state index contributed by atoms with van der Waals surface area (Å²) in [6, 6.07) is 12.3. The van der Waals surface area contributed by atoms with Crippen LogP contribution in [0.5, 0.6) is 11.5 Å². The zero-order valence-electron chi connectivity index (χ0n) is 12.7. The van der Waals surface area contributed by atoms with Crippen molar-refractivity contribution in [2.45, 2.75) is 30.8 Å². The van der Waals surface area contributed by atoms with Gasteiger partial charge in [0.1, 0.15) is 0 Å². The maximum atomic E-state index is 12.9. The van der Waals surface area contributed by atoms with Crippen LogP contribution >= 0.6 is 0 Å². The van der Waals surface area contributed by atoms with Crippen LogP contribution in [0.1, 0.15) is 18.1 Å². The van der Waals surface area contributed by atoms with Crippen LogP contribution in [0.25, 0.3) is 0 Å². The minimum Gasteiger partial charge on any atom is -0.454 e. The van der Waals surface area contributed by atoms with E-state index in [1.165, 1.54) is 0 Å². The fourth-order valence-corrected chi connectivity index (χ4v) is 4.79. The largest absolute Gasteiger partial charge is 0.454 e. The Hall–Kier alpha value is -2.05. The Morgan fingerprint density at radius 2 is 1.70 bits per heavy atom. The predicted octanol–water partition coefficient (Wildman–Crippen LogP) is 2.55.